The van der Waals surface area contributed by atoms with Crippen LogP contribution in [0, 0.1) is 0 Å². The predicted molar refractivity (Wildman–Crippen MR) is 94.7 cm³/mol. The molecular formula is C20H22O6. The number of rotatable bonds is 5. The number of methoxy groups -OCH3 is 1. The van der Waals surface area contributed by atoms with Gasteiger partial charge in [-0.25, -0.2) is 9.59 Å². The van der Waals surface area contributed by atoms with E-state index in [1.165, 1.54) is 13.2 Å². The molecule has 26 heavy (non-hydrogen) atoms. The molecule has 1 saturated carbocycles. The van der Waals surface area contributed by atoms with Crippen molar-refractivity contribution in [3.63, 3.8) is 0 Å². The van der Waals surface area contributed by atoms with Crippen molar-refractivity contribution < 1.29 is 28.5 Å². The van der Waals surface area contributed by atoms with E-state index >= 15 is 0 Å². The van der Waals surface area contributed by atoms with E-state index in [-0.39, 0.29) is 5.57 Å². The topological polar surface area (TPSA) is 71.1 Å². The first-order valence-electron chi connectivity index (χ1n) is 8.67. The third kappa shape index (κ3) is 3.74. The molecule has 0 amide bonds. The standard InChI is InChI=1S/C20H22O6/c1-3-11-24-16-8-7-14(13-17(16)23-2)12-15-18(21)25-20(26-19(15)22)9-5-4-6-10-20/h3,7-8,12-13H,1,4-6,9-11H2,2H3. The summed E-state index contributed by atoms with van der Waals surface area (Å²) in [7, 11) is 1.52. The molecule has 0 atom stereocenters. The molecular weight excluding hydrogens is 336 g/mol. The maximum absolute atomic E-state index is 12.4. The van der Waals surface area contributed by atoms with Crippen LogP contribution in [-0.4, -0.2) is 31.4 Å². The molecule has 138 valence electrons. The van der Waals surface area contributed by atoms with Gasteiger partial charge in [-0.15, -0.1) is 0 Å². The van der Waals surface area contributed by atoms with Gasteiger partial charge in [-0.3, -0.25) is 0 Å². The quantitative estimate of drug-likeness (QED) is 0.348. The van der Waals surface area contributed by atoms with E-state index in [1.807, 2.05) is 0 Å². The first-order chi connectivity index (χ1) is 12.6. The summed E-state index contributed by atoms with van der Waals surface area (Å²) in [6, 6.07) is 5.10. The van der Waals surface area contributed by atoms with Crippen LogP contribution in [0.3, 0.4) is 0 Å². The smallest absolute Gasteiger partial charge is 0.348 e. The van der Waals surface area contributed by atoms with Crippen LogP contribution in [0.15, 0.2) is 36.4 Å². The van der Waals surface area contributed by atoms with Gasteiger partial charge in [0.2, 0.25) is 0 Å². The molecule has 0 N–H and O–H groups in total. The largest absolute Gasteiger partial charge is 0.493 e. The minimum absolute atomic E-state index is 0.122. The monoisotopic (exact) mass is 358 g/mol. The Morgan fingerprint density at radius 2 is 1.81 bits per heavy atom. The van der Waals surface area contributed by atoms with Crippen molar-refractivity contribution in [1.82, 2.24) is 0 Å². The van der Waals surface area contributed by atoms with Crippen molar-refractivity contribution in [3.05, 3.63) is 42.0 Å². The summed E-state index contributed by atoms with van der Waals surface area (Å²) in [5, 5.41) is 0. The number of ether oxygens (including phenoxy) is 4. The van der Waals surface area contributed by atoms with Gasteiger partial charge in [0.25, 0.3) is 5.79 Å². The number of benzene rings is 1. The Balaban J connectivity index is 1.82. The average molecular weight is 358 g/mol. The summed E-state index contributed by atoms with van der Waals surface area (Å²) in [6.45, 7) is 3.95. The minimum atomic E-state index is -1.08. The highest BCUT2D eigenvalue weighted by molar-refractivity contribution is 6.18. The lowest BCUT2D eigenvalue weighted by Crippen LogP contribution is -2.47. The SMILES string of the molecule is C=CCOc1ccc(C=C2C(=O)OC3(CCCCC3)OC2=O)cc1OC. The van der Waals surface area contributed by atoms with Crippen LogP contribution in [0.2, 0.25) is 0 Å². The average Bonchev–Trinajstić information content (AvgIpc) is 2.64. The molecule has 6 heteroatoms. The molecule has 1 aromatic carbocycles. The first-order valence-corrected chi connectivity index (χ1v) is 8.67. The third-order valence-electron chi connectivity index (χ3n) is 4.47. The lowest BCUT2D eigenvalue weighted by atomic mass is 9.93. The summed E-state index contributed by atoms with van der Waals surface area (Å²) < 4.78 is 21.8. The fraction of sp³-hybridized carbons (Fsp3) is 0.400. The maximum atomic E-state index is 12.4. The Bertz CT molecular complexity index is 721. The molecule has 0 aromatic heterocycles. The van der Waals surface area contributed by atoms with Crippen molar-refractivity contribution in [2.24, 2.45) is 0 Å². The molecule has 1 aliphatic carbocycles. The van der Waals surface area contributed by atoms with Gasteiger partial charge in [-0.05, 0) is 36.6 Å². The Labute approximate surface area is 152 Å². The Morgan fingerprint density at radius 3 is 2.42 bits per heavy atom. The van der Waals surface area contributed by atoms with E-state index in [0.717, 1.165) is 19.3 Å². The second-order valence-electron chi connectivity index (χ2n) is 6.32. The van der Waals surface area contributed by atoms with Gasteiger partial charge in [-0.2, -0.15) is 0 Å². The first kappa shape index (κ1) is 18.0. The van der Waals surface area contributed by atoms with Crippen LogP contribution in [0.4, 0.5) is 0 Å². The summed E-state index contributed by atoms with van der Waals surface area (Å²) in [4.78, 5) is 24.8. The fourth-order valence-corrected chi connectivity index (χ4v) is 3.17. The fourth-order valence-electron chi connectivity index (χ4n) is 3.17. The highest BCUT2D eigenvalue weighted by atomic mass is 16.7. The van der Waals surface area contributed by atoms with Crippen molar-refractivity contribution in [3.8, 4) is 11.5 Å². The van der Waals surface area contributed by atoms with E-state index < -0.39 is 17.7 Å². The van der Waals surface area contributed by atoms with Gasteiger partial charge in [0.15, 0.2) is 11.5 Å². The highest BCUT2D eigenvalue weighted by Crippen LogP contribution is 2.37. The molecule has 1 aliphatic heterocycles. The van der Waals surface area contributed by atoms with Crippen LogP contribution in [-0.2, 0) is 19.1 Å². The zero-order valence-electron chi connectivity index (χ0n) is 14.8. The number of esters is 2. The van der Waals surface area contributed by atoms with E-state index in [2.05, 4.69) is 6.58 Å². The maximum Gasteiger partial charge on any atom is 0.348 e. The second kappa shape index (κ2) is 7.64. The molecule has 6 nitrogen and oxygen atoms in total. The molecule has 0 unspecified atom stereocenters. The summed E-state index contributed by atoms with van der Waals surface area (Å²) in [6.07, 6.45) is 7.00. The normalized spacial score (nSPS) is 18.7. The number of hydrogen-bond donors (Lipinski definition) is 0. The van der Waals surface area contributed by atoms with Crippen LogP contribution in [0.25, 0.3) is 6.08 Å². The van der Waals surface area contributed by atoms with E-state index in [9.17, 15) is 9.59 Å². The zero-order chi connectivity index (χ0) is 18.6. The summed E-state index contributed by atoms with van der Waals surface area (Å²) in [5.74, 6) is -1.33. The number of carbonyl (C=O) groups excluding carboxylic acids is 2. The molecule has 1 aromatic rings. The van der Waals surface area contributed by atoms with E-state index in [0.29, 0.717) is 36.5 Å². The predicted octanol–water partition coefficient (Wildman–Crippen LogP) is 3.40. The van der Waals surface area contributed by atoms with Crippen LogP contribution < -0.4 is 9.47 Å². The van der Waals surface area contributed by atoms with Crippen molar-refractivity contribution in [1.29, 1.82) is 0 Å². The van der Waals surface area contributed by atoms with E-state index in [4.69, 9.17) is 18.9 Å². The molecule has 1 saturated heterocycles. The lowest BCUT2D eigenvalue weighted by Gasteiger charge is -2.38. The molecule has 0 bridgehead atoms. The second-order valence-corrected chi connectivity index (χ2v) is 6.32. The zero-order valence-corrected chi connectivity index (χ0v) is 14.8. The van der Waals surface area contributed by atoms with Gasteiger partial charge >= 0.3 is 11.9 Å². The van der Waals surface area contributed by atoms with Crippen LogP contribution in [0.5, 0.6) is 11.5 Å². The number of hydrogen-bond acceptors (Lipinski definition) is 6. The number of carbonyl (C=O) groups is 2. The Hall–Kier alpha value is -2.76. The molecule has 2 aliphatic rings. The minimum Gasteiger partial charge on any atom is -0.493 e. The van der Waals surface area contributed by atoms with Gasteiger partial charge in [0, 0.05) is 12.8 Å². The van der Waals surface area contributed by atoms with Crippen molar-refractivity contribution >= 4 is 18.0 Å². The highest BCUT2D eigenvalue weighted by Gasteiger charge is 2.46. The molecule has 1 spiro atoms. The molecule has 2 fully saturated rings. The van der Waals surface area contributed by atoms with Gasteiger partial charge < -0.3 is 18.9 Å². The van der Waals surface area contributed by atoms with Gasteiger partial charge in [-0.1, -0.05) is 25.1 Å². The van der Waals surface area contributed by atoms with Gasteiger partial charge in [0.1, 0.15) is 12.2 Å². The molecule has 0 radical (unpaired) electrons. The van der Waals surface area contributed by atoms with Crippen LogP contribution >= 0.6 is 0 Å². The van der Waals surface area contributed by atoms with Gasteiger partial charge in [0.05, 0.1) is 7.11 Å². The van der Waals surface area contributed by atoms with Crippen molar-refractivity contribution in [2.45, 2.75) is 37.9 Å². The lowest BCUT2D eigenvalue weighted by molar-refractivity contribution is -0.244. The van der Waals surface area contributed by atoms with Crippen LogP contribution in [0.1, 0.15) is 37.7 Å². The molecule has 3 rings (SSSR count). The third-order valence-corrected chi connectivity index (χ3v) is 4.47. The van der Waals surface area contributed by atoms with E-state index in [1.54, 1.807) is 24.3 Å². The summed E-state index contributed by atoms with van der Waals surface area (Å²) >= 11 is 0. The van der Waals surface area contributed by atoms with Crippen molar-refractivity contribution in [2.75, 3.05) is 13.7 Å². The Kier molecular flexibility index (Phi) is 5.30. The molecule has 1 heterocycles. The summed E-state index contributed by atoms with van der Waals surface area (Å²) in [5.41, 5.74) is 0.485. The Morgan fingerprint density at radius 1 is 1.12 bits per heavy atom.